The van der Waals surface area contributed by atoms with Crippen LogP contribution in [0.25, 0.3) is 16.7 Å². The summed E-state index contributed by atoms with van der Waals surface area (Å²) in [4.78, 5) is 25.6. The van der Waals surface area contributed by atoms with Crippen molar-refractivity contribution >= 4 is 50.5 Å². The number of benzene rings is 1. The first-order valence-corrected chi connectivity index (χ1v) is 11.3. The van der Waals surface area contributed by atoms with E-state index in [2.05, 4.69) is 37.7 Å². The Kier molecular flexibility index (Phi) is 5.87. The van der Waals surface area contributed by atoms with E-state index in [1.807, 2.05) is 55.8 Å². The highest BCUT2D eigenvalue weighted by Crippen LogP contribution is 2.35. The predicted molar refractivity (Wildman–Crippen MR) is 126 cm³/mol. The van der Waals surface area contributed by atoms with Crippen LogP contribution in [0, 0.1) is 0 Å². The highest BCUT2D eigenvalue weighted by molar-refractivity contribution is 9.10. The topological polar surface area (TPSA) is 63.5 Å². The monoisotopic (exact) mass is 505 g/mol. The molecule has 0 unspecified atom stereocenters. The zero-order valence-corrected chi connectivity index (χ0v) is 20.3. The SMILES string of the molecule is C[C@H]1CN(C(=O)OC(C)(C)C)CCN1c1ncnc2c1c(Br)cn2-c1cccc(Cl)c1. The van der Waals surface area contributed by atoms with Gasteiger partial charge in [-0.25, -0.2) is 14.8 Å². The molecule has 0 radical (unpaired) electrons. The molecule has 0 saturated carbocycles. The number of nitrogens with zero attached hydrogens (tertiary/aromatic N) is 5. The Morgan fingerprint density at radius 1 is 1.26 bits per heavy atom. The van der Waals surface area contributed by atoms with E-state index in [4.69, 9.17) is 16.3 Å². The number of halogens is 2. The van der Waals surface area contributed by atoms with E-state index >= 15 is 0 Å². The van der Waals surface area contributed by atoms with E-state index in [0.29, 0.717) is 24.7 Å². The number of piperazine rings is 1. The third kappa shape index (κ3) is 4.50. The lowest BCUT2D eigenvalue weighted by molar-refractivity contribution is 0.0218. The van der Waals surface area contributed by atoms with Crippen molar-refractivity contribution < 1.29 is 9.53 Å². The van der Waals surface area contributed by atoms with Gasteiger partial charge in [-0.2, -0.15) is 0 Å². The maximum Gasteiger partial charge on any atom is 0.410 e. The van der Waals surface area contributed by atoms with Gasteiger partial charge in [0.05, 0.1) is 5.39 Å². The molecule has 31 heavy (non-hydrogen) atoms. The first-order chi connectivity index (χ1) is 14.6. The molecule has 1 aromatic carbocycles. The zero-order chi connectivity index (χ0) is 22.3. The number of hydrogen-bond donors (Lipinski definition) is 0. The van der Waals surface area contributed by atoms with Crippen LogP contribution in [0.5, 0.6) is 0 Å². The first-order valence-electron chi connectivity index (χ1n) is 10.2. The molecule has 1 saturated heterocycles. The van der Waals surface area contributed by atoms with Crippen molar-refractivity contribution in [1.82, 2.24) is 19.4 Å². The molecule has 1 aliphatic rings. The summed E-state index contributed by atoms with van der Waals surface area (Å²) >= 11 is 9.89. The molecular formula is C22H25BrClN5O2. The van der Waals surface area contributed by atoms with Gasteiger partial charge in [0.1, 0.15) is 17.7 Å². The van der Waals surface area contributed by atoms with Gasteiger partial charge in [0.15, 0.2) is 5.65 Å². The number of aromatic nitrogens is 3. The molecule has 1 amide bonds. The number of carbonyl (C=O) groups is 1. The zero-order valence-electron chi connectivity index (χ0n) is 18.0. The Balaban J connectivity index is 1.64. The molecular weight excluding hydrogens is 482 g/mol. The summed E-state index contributed by atoms with van der Waals surface area (Å²) in [5, 5.41) is 1.59. The van der Waals surface area contributed by atoms with Gasteiger partial charge in [0, 0.05) is 47.1 Å². The standard InChI is InChI=1S/C22H25BrClN5O2/c1-14-11-27(21(30)31-22(2,3)4)8-9-28(14)19-18-17(23)12-29(20(18)26-13-25-19)16-7-5-6-15(24)10-16/h5-7,10,12-14H,8-9,11H2,1-4H3/t14-/m0/s1. The summed E-state index contributed by atoms with van der Waals surface area (Å²) in [7, 11) is 0. The van der Waals surface area contributed by atoms with Crippen LogP contribution in [-0.2, 0) is 4.74 Å². The third-order valence-electron chi connectivity index (χ3n) is 5.15. The summed E-state index contributed by atoms with van der Waals surface area (Å²) in [6.45, 7) is 9.51. The Bertz CT molecular complexity index is 1130. The van der Waals surface area contributed by atoms with E-state index in [1.165, 1.54) is 0 Å². The Labute approximate surface area is 195 Å². The van der Waals surface area contributed by atoms with Crippen LogP contribution >= 0.6 is 27.5 Å². The number of amides is 1. The third-order valence-corrected chi connectivity index (χ3v) is 5.99. The van der Waals surface area contributed by atoms with Gasteiger partial charge in [0.25, 0.3) is 0 Å². The van der Waals surface area contributed by atoms with Crippen molar-refractivity contribution in [2.75, 3.05) is 24.5 Å². The molecule has 7 nitrogen and oxygen atoms in total. The summed E-state index contributed by atoms with van der Waals surface area (Å²) in [5.74, 6) is 0.842. The largest absolute Gasteiger partial charge is 0.444 e. The van der Waals surface area contributed by atoms with Gasteiger partial charge in [0.2, 0.25) is 0 Å². The quantitative estimate of drug-likeness (QED) is 0.473. The fourth-order valence-electron chi connectivity index (χ4n) is 3.81. The second-order valence-electron chi connectivity index (χ2n) is 8.69. The Morgan fingerprint density at radius 2 is 2.03 bits per heavy atom. The fourth-order valence-corrected chi connectivity index (χ4v) is 4.55. The fraction of sp³-hybridized carbons (Fsp3) is 0.409. The molecule has 1 fully saturated rings. The van der Waals surface area contributed by atoms with Gasteiger partial charge < -0.3 is 14.5 Å². The van der Waals surface area contributed by atoms with E-state index in [9.17, 15) is 4.79 Å². The number of hydrogen-bond acceptors (Lipinski definition) is 5. The number of rotatable bonds is 2. The van der Waals surface area contributed by atoms with E-state index in [-0.39, 0.29) is 12.1 Å². The summed E-state index contributed by atoms with van der Waals surface area (Å²) in [6, 6.07) is 7.72. The Hall–Kier alpha value is -2.32. The maximum atomic E-state index is 12.5. The molecule has 164 valence electrons. The summed E-state index contributed by atoms with van der Waals surface area (Å²) in [6.07, 6.45) is 3.29. The van der Waals surface area contributed by atoms with Crippen molar-refractivity contribution in [2.24, 2.45) is 0 Å². The molecule has 4 rings (SSSR count). The van der Waals surface area contributed by atoms with Crippen LogP contribution in [0.2, 0.25) is 5.02 Å². The van der Waals surface area contributed by atoms with Crippen molar-refractivity contribution in [3.8, 4) is 5.69 Å². The van der Waals surface area contributed by atoms with Crippen LogP contribution in [0.15, 0.2) is 41.3 Å². The molecule has 3 heterocycles. The number of carbonyl (C=O) groups excluding carboxylic acids is 1. The average Bonchev–Trinajstić information content (AvgIpc) is 3.04. The molecule has 1 atom stereocenters. The normalized spacial score (nSPS) is 17.3. The van der Waals surface area contributed by atoms with Gasteiger partial charge in [-0.15, -0.1) is 0 Å². The highest BCUT2D eigenvalue weighted by Gasteiger charge is 2.32. The van der Waals surface area contributed by atoms with Crippen LogP contribution in [0.3, 0.4) is 0 Å². The molecule has 9 heteroatoms. The molecule has 0 bridgehead atoms. The van der Waals surface area contributed by atoms with E-state index in [1.54, 1.807) is 11.2 Å². The van der Waals surface area contributed by atoms with Gasteiger partial charge in [-0.1, -0.05) is 17.7 Å². The lowest BCUT2D eigenvalue weighted by Gasteiger charge is -2.41. The molecule has 3 aromatic rings. The van der Waals surface area contributed by atoms with Crippen LogP contribution in [0.4, 0.5) is 10.6 Å². The minimum Gasteiger partial charge on any atom is -0.444 e. The first kappa shape index (κ1) is 21.9. The number of anilines is 1. The second kappa shape index (κ2) is 8.31. The lowest BCUT2D eigenvalue weighted by Crippen LogP contribution is -2.54. The molecule has 0 N–H and O–H groups in total. The van der Waals surface area contributed by atoms with Gasteiger partial charge >= 0.3 is 6.09 Å². The predicted octanol–water partition coefficient (Wildman–Crippen LogP) is 5.28. The molecule has 2 aromatic heterocycles. The van der Waals surface area contributed by atoms with Crippen LogP contribution < -0.4 is 4.90 Å². The molecule has 0 aliphatic carbocycles. The Morgan fingerprint density at radius 3 is 2.71 bits per heavy atom. The lowest BCUT2D eigenvalue weighted by atomic mass is 10.1. The minimum absolute atomic E-state index is 0.0702. The molecule has 0 spiro atoms. The molecule has 1 aliphatic heterocycles. The number of fused-ring (bicyclic) bond motifs is 1. The summed E-state index contributed by atoms with van der Waals surface area (Å²) < 4.78 is 8.44. The van der Waals surface area contributed by atoms with Crippen molar-refractivity contribution in [3.63, 3.8) is 0 Å². The summed E-state index contributed by atoms with van der Waals surface area (Å²) in [5.41, 5.74) is 1.21. The minimum atomic E-state index is -0.510. The highest BCUT2D eigenvalue weighted by atomic mass is 79.9. The van der Waals surface area contributed by atoms with Crippen LogP contribution in [-0.4, -0.2) is 56.8 Å². The van der Waals surface area contributed by atoms with E-state index in [0.717, 1.165) is 27.0 Å². The average molecular weight is 507 g/mol. The van der Waals surface area contributed by atoms with Crippen molar-refractivity contribution in [2.45, 2.75) is 39.3 Å². The smallest absolute Gasteiger partial charge is 0.410 e. The number of ether oxygens (including phenoxy) is 1. The van der Waals surface area contributed by atoms with Gasteiger partial charge in [-0.05, 0) is 61.8 Å². The van der Waals surface area contributed by atoms with Crippen molar-refractivity contribution in [3.05, 3.63) is 46.3 Å². The second-order valence-corrected chi connectivity index (χ2v) is 9.98. The van der Waals surface area contributed by atoms with E-state index < -0.39 is 5.60 Å². The van der Waals surface area contributed by atoms with Gasteiger partial charge in [-0.3, -0.25) is 4.57 Å². The maximum absolute atomic E-state index is 12.5. The van der Waals surface area contributed by atoms with Crippen LogP contribution in [0.1, 0.15) is 27.7 Å². The van der Waals surface area contributed by atoms with Crippen molar-refractivity contribution in [1.29, 1.82) is 0 Å².